The number of aliphatic imine (C=N–C) groups is 1. The van der Waals surface area contributed by atoms with Crippen LogP contribution in [0.25, 0.3) is 0 Å². The summed E-state index contributed by atoms with van der Waals surface area (Å²) in [6, 6.07) is 4.03. The predicted octanol–water partition coefficient (Wildman–Crippen LogP) is 1.85. The molecular formula is C15H25N5S. The third-order valence-electron chi connectivity index (χ3n) is 3.29. The first-order chi connectivity index (χ1) is 10.1. The van der Waals surface area contributed by atoms with E-state index in [-0.39, 0.29) is 0 Å². The summed E-state index contributed by atoms with van der Waals surface area (Å²) >= 11 is 5.18. The zero-order valence-electron chi connectivity index (χ0n) is 13.1. The molecule has 0 aliphatic rings. The highest BCUT2D eigenvalue weighted by Crippen LogP contribution is 2.05. The van der Waals surface area contributed by atoms with Gasteiger partial charge in [-0.3, -0.25) is 4.98 Å². The first-order valence-corrected chi connectivity index (χ1v) is 7.76. The van der Waals surface area contributed by atoms with Crippen molar-refractivity contribution in [2.24, 2.45) is 10.7 Å². The van der Waals surface area contributed by atoms with E-state index in [1.54, 1.807) is 0 Å². The number of pyridine rings is 1. The van der Waals surface area contributed by atoms with Gasteiger partial charge in [0, 0.05) is 31.5 Å². The Kier molecular flexibility index (Phi) is 7.68. The number of nitrogens with zero attached hydrogens (tertiary/aromatic N) is 3. The van der Waals surface area contributed by atoms with Crippen molar-refractivity contribution in [2.45, 2.75) is 33.6 Å². The lowest BCUT2D eigenvalue weighted by atomic mass is 10.1. The van der Waals surface area contributed by atoms with Gasteiger partial charge in [0.25, 0.3) is 0 Å². The number of hydrogen-bond acceptors (Lipinski definition) is 2. The minimum absolute atomic E-state index is 0.442. The lowest BCUT2D eigenvalue weighted by Gasteiger charge is -2.19. The maximum Gasteiger partial charge on any atom is 0.198 e. The first kappa shape index (κ1) is 17.4. The number of thiocarbonyl (C=S) groups is 1. The summed E-state index contributed by atoms with van der Waals surface area (Å²) in [5, 5.41) is 3.56. The average molecular weight is 307 g/mol. The van der Waals surface area contributed by atoms with Crippen LogP contribution in [0.2, 0.25) is 0 Å². The molecule has 6 heteroatoms. The van der Waals surface area contributed by atoms with E-state index in [0.717, 1.165) is 38.2 Å². The first-order valence-electron chi connectivity index (χ1n) is 7.35. The topological polar surface area (TPSA) is 66.5 Å². The monoisotopic (exact) mass is 307 g/mol. The van der Waals surface area contributed by atoms with Gasteiger partial charge in [0.05, 0.1) is 0 Å². The second kappa shape index (κ2) is 9.28. The van der Waals surface area contributed by atoms with Crippen molar-refractivity contribution in [3.05, 3.63) is 29.6 Å². The fourth-order valence-electron chi connectivity index (χ4n) is 1.99. The molecule has 1 rings (SSSR count). The lowest BCUT2D eigenvalue weighted by molar-refractivity contribution is 0.461. The van der Waals surface area contributed by atoms with Gasteiger partial charge < -0.3 is 16.0 Å². The van der Waals surface area contributed by atoms with Crippen molar-refractivity contribution in [1.82, 2.24) is 15.2 Å². The van der Waals surface area contributed by atoms with Crippen molar-refractivity contribution in [3.63, 3.8) is 0 Å². The average Bonchev–Trinajstić information content (AvgIpc) is 2.46. The molecule has 0 spiro atoms. The van der Waals surface area contributed by atoms with Gasteiger partial charge in [-0.15, -0.1) is 0 Å². The number of hydrogen-bond donors (Lipinski definition) is 2. The van der Waals surface area contributed by atoms with Gasteiger partial charge in [-0.05, 0) is 57.5 Å². The number of aryl methyl sites for hydroxylation is 2. The fraction of sp³-hybridized carbons (Fsp3) is 0.533. The van der Waals surface area contributed by atoms with Crippen molar-refractivity contribution < 1.29 is 0 Å². The van der Waals surface area contributed by atoms with E-state index < -0.39 is 0 Å². The normalized spacial score (nSPS) is 11.3. The van der Waals surface area contributed by atoms with Crippen molar-refractivity contribution in [1.29, 1.82) is 0 Å². The molecule has 0 saturated heterocycles. The Bertz CT molecular complexity index is 483. The van der Waals surface area contributed by atoms with Gasteiger partial charge in [-0.2, -0.15) is 4.99 Å². The van der Waals surface area contributed by atoms with Gasteiger partial charge in [-0.25, -0.2) is 0 Å². The number of aromatic nitrogens is 1. The number of nitrogens with two attached hydrogens (primary N) is 1. The van der Waals surface area contributed by atoms with Gasteiger partial charge >= 0.3 is 0 Å². The summed E-state index contributed by atoms with van der Waals surface area (Å²) in [6.07, 6.45) is 3.71. The Morgan fingerprint density at radius 3 is 2.76 bits per heavy atom. The zero-order chi connectivity index (χ0) is 15.7. The molecule has 1 aromatic rings. The standard InChI is InChI=1S/C15H25N5S/c1-4-20(5-2)14(16)19-15(21)18-11-7-9-13-12(3)8-6-10-17-13/h6,8,10H,4-5,7,9,11H2,1-3H3,(H3,16,18,19,21). The molecule has 0 bridgehead atoms. The summed E-state index contributed by atoms with van der Waals surface area (Å²) in [6.45, 7) is 8.58. The lowest BCUT2D eigenvalue weighted by Crippen LogP contribution is -2.38. The van der Waals surface area contributed by atoms with Crippen LogP contribution in [0, 0.1) is 6.92 Å². The molecule has 1 heterocycles. The SMILES string of the molecule is CCN(CC)C(N)=NC(=S)NCCCc1ncccc1C. The van der Waals surface area contributed by atoms with Crippen LogP contribution in [0.5, 0.6) is 0 Å². The van der Waals surface area contributed by atoms with E-state index in [0.29, 0.717) is 11.1 Å². The van der Waals surface area contributed by atoms with Crippen molar-refractivity contribution in [3.8, 4) is 0 Å². The van der Waals surface area contributed by atoms with Crippen LogP contribution < -0.4 is 11.1 Å². The molecule has 0 atom stereocenters. The van der Waals surface area contributed by atoms with Crippen LogP contribution in [0.4, 0.5) is 0 Å². The maximum absolute atomic E-state index is 5.89. The number of nitrogens with one attached hydrogen (secondary N) is 1. The predicted molar refractivity (Wildman–Crippen MR) is 92.4 cm³/mol. The Morgan fingerprint density at radius 2 is 2.14 bits per heavy atom. The third-order valence-corrected chi connectivity index (χ3v) is 3.52. The zero-order valence-corrected chi connectivity index (χ0v) is 13.9. The molecule has 0 aliphatic carbocycles. The minimum Gasteiger partial charge on any atom is -0.369 e. The molecule has 116 valence electrons. The van der Waals surface area contributed by atoms with Crippen LogP contribution in [-0.2, 0) is 6.42 Å². The van der Waals surface area contributed by atoms with E-state index in [1.807, 2.05) is 31.0 Å². The minimum atomic E-state index is 0.442. The van der Waals surface area contributed by atoms with Gasteiger partial charge in [-0.1, -0.05) is 6.07 Å². The van der Waals surface area contributed by atoms with E-state index in [9.17, 15) is 0 Å². The molecular weight excluding hydrogens is 282 g/mol. The van der Waals surface area contributed by atoms with Crippen molar-refractivity contribution >= 4 is 23.3 Å². The van der Waals surface area contributed by atoms with Crippen LogP contribution in [-0.4, -0.2) is 40.6 Å². The molecule has 0 aliphatic heterocycles. The van der Waals surface area contributed by atoms with Crippen molar-refractivity contribution in [2.75, 3.05) is 19.6 Å². The van der Waals surface area contributed by atoms with Crippen LogP contribution in [0.1, 0.15) is 31.5 Å². The number of guanidine groups is 1. The van der Waals surface area contributed by atoms with E-state index in [1.165, 1.54) is 5.56 Å². The highest BCUT2D eigenvalue weighted by molar-refractivity contribution is 7.80. The molecule has 0 amide bonds. The van der Waals surface area contributed by atoms with Crippen LogP contribution >= 0.6 is 12.2 Å². The fourth-order valence-corrected chi connectivity index (χ4v) is 2.19. The maximum atomic E-state index is 5.89. The Morgan fingerprint density at radius 1 is 1.43 bits per heavy atom. The van der Waals surface area contributed by atoms with Crippen LogP contribution in [0.3, 0.4) is 0 Å². The molecule has 0 aromatic carbocycles. The molecule has 5 nitrogen and oxygen atoms in total. The van der Waals surface area contributed by atoms with E-state index >= 15 is 0 Å². The van der Waals surface area contributed by atoms with Gasteiger partial charge in [0.15, 0.2) is 11.1 Å². The molecule has 0 saturated carbocycles. The molecule has 3 N–H and O–H groups in total. The summed E-state index contributed by atoms with van der Waals surface area (Å²) in [4.78, 5) is 10.5. The largest absolute Gasteiger partial charge is 0.369 e. The second-order valence-corrected chi connectivity index (χ2v) is 5.13. The molecule has 0 radical (unpaired) electrons. The summed E-state index contributed by atoms with van der Waals surface area (Å²) in [5.41, 5.74) is 8.25. The summed E-state index contributed by atoms with van der Waals surface area (Å²) in [7, 11) is 0. The second-order valence-electron chi connectivity index (χ2n) is 4.74. The molecule has 21 heavy (non-hydrogen) atoms. The Hall–Kier alpha value is -1.69. The van der Waals surface area contributed by atoms with Gasteiger partial charge in [0.1, 0.15) is 0 Å². The molecule has 0 unspecified atom stereocenters. The molecule has 1 aromatic heterocycles. The highest BCUT2D eigenvalue weighted by Gasteiger charge is 2.04. The van der Waals surface area contributed by atoms with Gasteiger partial charge in [0.2, 0.25) is 0 Å². The summed E-state index contributed by atoms with van der Waals surface area (Å²) < 4.78 is 0. The van der Waals surface area contributed by atoms with E-state index in [2.05, 4.69) is 28.3 Å². The summed E-state index contributed by atoms with van der Waals surface area (Å²) in [5.74, 6) is 0.470. The molecule has 0 fully saturated rings. The Balaban J connectivity index is 2.34. The Labute approximate surface area is 132 Å². The quantitative estimate of drug-likeness (QED) is 0.363. The third kappa shape index (κ3) is 6.08. The van der Waals surface area contributed by atoms with Crippen LogP contribution in [0.15, 0.2) is 23.3 Å². The number of rotatable bonds is 6. The highest BCUT2D eigenvalue weighted by atomic mass is 32.1. The van der Waals surface area contributed by atoms with E-state index in [4.69, 9.17) is 18.0 Å². The smallest absolute Gasteiger partial charge is 0.198 e.